The summed E-state index contributed by atoms with van der Waals surface area (Å²) in [4.78, 5) is 37.4. The molecule has 0 spiro atoms. The minimum atomic E-state index is -0.960. The maximum atomic E-state index is 12.5. The van der Waals surface area contributed by atoms with Gasteiger partial charge in [0.05, 0.1) is 5.92 Å². The molecular weight excluding hydrogens is 360 g/mol. The lowest BCUT2D eigenvalue weighted by Crippen LogP contribution is -2.34. The number of carbonyl (C=O) groups excluding carboxylic acids is 2. The topological polar surface area (TPSA) is 95.9 Å². The molecule has 7 nitrogen and oxygen atoms in total. The van der Waals surface area contributed by atoms with Crippen LogP contribution in [-0.4, -0.2) is 47.5 Å². The predicted octanol–water partition coefficient (Wildman–Crippen LogP) is 2.42. The van der Waals surface area contributed by atoms with Crippen molar-refractivity contribution < 1.29 is 24.2 Å². The molecule has 2 aromatic carbocycles. The highest BCUT2D eigenvalue weighted by molar-refractivity contribution is 5.98. The quantitative estimate of drug-likeness (QED) is 0.800. The summed E-state index contributed by atoms with van der Waals surface area (Å²) in [7, 11) is 1.55. The molecular formula is C21H22N2O5. The Balaban J connectivity index is 1.64. The van der Waals surface area contributed by atoms with E-state index >= 15 is 0 Å². The number of amides is 2. The van der Waals surface area contributed by atoms with Crippen LogP contribution in [0.25, 0.3) is 0 Å². The Morgan fingerprint density at radius 2 is 1.96 bits per heavy atom. The molecule has 2 N–H and O–H groups in total. The monoisotopic (exact) mass is 382 g/mol. The molecule has 0 bridgehead atoms. The fraction of sp³-hybridized carbons (Fsp3) is 0.286. The lowest BCUT2D eigenvalue weighted by molar-refractivity contribution is -0.141. The van der Waals surface area contributed by atoms with E-state index in [1.54, 1.807) is 38.2 Å². The van der Waals surface area contributed by atoms with Gasteiger partial charge in [0.25, 0.3) is 11.8 Å². The van der Waals surface area contributed by atoms with Crippen molar-refractivity contribution in [1.29, 1.82) is 0 Å². The summed E-state index contributed by atoms with van der Waals surface area (Å²) in [6.45, 7) is 1.64. The van der Waals surface area contributed by atoms with E-state index in [0.717, 1.165) is 5.56 Å². The van der Waals surface area contributed by atoms with Crippen molar-refractivity contribution in [2.24, 2.45) is 5.92 Å². The molecule has 28 heavy (non-hydrogen) atoms. The molecule has 7 heteroatoms. The Morgan fingerprint density at radius 1 is 1.21 bits per heavy atom. The van der Waals surface area contributed by atoms with Crippen molar-refractivity contribution in [3.05, 3.63) is 59.7 Å². The van der Waals surface area contributed by atoms with E-state index in [0.29, 0.717) is 23.4 Å². The third-order valence-electron chi connectivity index (χ3n) is 4.63. The Bertz CT molecular complexity index is 886. The Kier molecular flexibility index (Phi) is 5.63. The second kappa shape index (κ2) is 8.12. The van der Waals surface area contributed by atoms with E-state index in [-0.39, 0.29) is 18.4 Å². The van der Waals surface area contributed by atoms with Crippen LogP contribution in [0.1, 0.15) is 22.8 Å². The number of ether oxygens (including phenoxy) is 1. The normalized spacial score (nSPS) is 15.9. The number of rotatable bonds is 6. The highest BCUT2D eigenvalue weighted by atomic mass is 16.5. The molecule has 1 heterocycles. The van der Waals surface area contributed by atoms with Gasteiger partial charge in [0.2, 0.25) is 0 Å². The average Bonchev–Trinajstić information content (AvgIpc) is 3.12. The number of nitrogens with one attached hydrogen (secondary N) is 1. The largest absolute Gasteiger partial charge is 0.481 e. The molecule has 1 aliphatic rings. The van der Waals surface area contributed by atoms with Crippen molar-refractivity contribution in [2.75, 3.05) is 18.9 Å². The molecule has 2 amide bonds. The number of carboxylic acid groups (broad SMARTS) is 1. The third-order valence-corrected chi connectivity index (χ3v) is 4.63. The van der Waals surface area contributed by atoms with Gasteiger partial charge in [-0.3, -0.25) is 14.4 Å². The van der Waals surface area contributed by atoms with Crippen LogP contribution in [0.5, 0.6) is 5.75 Å². The lowest BCUT2D eigenvalue weighted by atomic mass is 10.1. The summed E-state index contributed by atoms with van der Waals surface area (Å²) in [5.74, 6) is -1.51. The summed E-state index contributed by atoms with van der Waals surface area (Å²) in [6, 6.07) is 14.1. The Morgan fingerprint density at radius 3 is 2.68 bits per heavy atom. The van der Waals surface area contributed by atoms with Crippen LogP contribution < -0.4 is 10.1 Å². The van der Waals surface area contributed by atoms with Crippen LogP contribution in [-0.2, 0) is 16.0 Å². The van der Waals surface area contributed by atoms with E-state index < -0.39 is 18.0 Å². The molecule has 146 valence electrons. The first-order chi connectivity index (χ1) is 13.3. The van der Waals surface area contributed by atoms with E-state index in [4.69, 9.17) is 9.84 Å². The van der Waals surface area contributed by atoms with Crippen LogP contribution in [0.2, 0.25) is 0 Å². The number of carbonyl (C=O) groups is 3. The van der Waals surface area contributed by atoms with Crippen molar-refractivity contribution in [1.82, 2.24) is 4.90 Å². The number of benzene rings is 2. The highest BCUT2D eigenvalue weighted by Gasteiger charge is 2.29. The van der Waals surface area contributed by atoms with Crippen LogP contribution in [0.3, 0.4) is 0 Å². The molecule has 0 fully saturated rings. The van der Waals surface area contributed by atoms with Gasteiger partial charge in [-0.25, -0.2) is 0 Å². The first-order valence-electron chi connectivity index (χ1n) is 8.99. The number of aliphatic carboxylic acids is 1. The van der Waals surface area contributed by atoms with Crippen LogP contribution in [0.4, 0.5) is 5.69 Å². The maximum absolute atomic E-state index is 12.5. The number of fused-ring (bicyclic) bond motifs is 1. The average molecular weight is 382 g/mol. The van der Waals surface area contributed by atoms with E-state index in [1.807, 2.05) is 24.3 Å². The second-order valence-electron chi connectivity index (χ2n) is 6.91. The number of carboxylic acids is 1. The third kappa shape index (κ3) is 4.31. The van der Waals surface area contributed by atoms with E-state index in [1.165, 1.54) is 4.90 Å². The predicted molar refractivity (Wildman–Crippen MR) is 103 cm³/mol. The zero-order valence-electron chi connectivity index (χ0n) is 15.7. The summed E-state index contributed by atoms with van der Waals surface area (Å²) in [6.07, 6.45) is -0.118. The first kappa shape index (κ1) is 19.4. The summed E-state index contributed by atoms with van der Waals surface area (Å²) < 4.78 is 5.68. The van der Waals surface area contributed by atoms with Gasteiger partial charge in [0, 0.05) is 31.3 Å². The van der Waals surface area contributed by atoms with Crippen LogP contribution in [0.15, 0.2) is 48.5 Å². The van der Waals surface area contributed by atoms with Gasteiger partial charge in [-0.05, 0) is 29.8 Å². The Hall–Kier alpha value is -3.35. The van der Waals surface area contributed by atoms with Gasteiger partial charge in [0.1, 0.15) is 5.75 Å². The molecule has 0 radical (unpaired) electrons. The number of anilines is 1. The summed E-state index contributed by atoms with van der Waals surface area (Å²) in [5.41, 5.74) is 1.84. The SMILES string of the molecule is CC(CN(C)C(=O)c1cccc(NC(=O)C2Cc3ccccc3O2)c1)C(=O)O. The standard InChI is InChI=1S/C21H22N2O5/c1-13(21(26)27)12-23(2)20(25)15-7-5-8-16(10-15)22-19(24)18-11-14-6-3-4-9-17(14)28-18/h3-10,13,18H,11-12H2,1-2H3,(H,22,24)(H,26,27). The number of para-hydroxylation sites is 1. The van der Waals surface area contributed by atoms with Crippen molar-refractivity contribution in [3.63, 3.8) is 0 Å². The van der Waals surface area contributed by atoms with E-state index in [2.05, 4.69) is 5.32 Å². The Labute approximate surface area is 162 Å². The van der Waals surface area contributed by atoms with Crippen LogP contribution >= 0.6 is 0 Å². The van der Waals surface area contributed by atoms with Gasteiger partial charge in [-0.1, -0.05) is 31.2 Å². The molecule has 3 rings (SSSR count). The van der Waals surface area contributed by atoms with Gasteiger partial charge in [-0.2, -0.15) is 0 Å². The van der Waals surface area contributed by atoms with Gasteiger partial charge in [0.15, 0.2) is 6.10 Å². The second-order valence-corrected chi connectivity index (χ2v) is 6.91. The summed E-state index contributed by atoms with van der Waals surface area (Å²) >= 11 is 0. The summed E-state index contributed by atoms with van der Waals surface area (Å²) in [5, 5.41) is 11.8. The first-order valence-corrected chi connectivity index (χ1v) is 8.99. The van der Waals surface area contributed by atoms with Crippen molar-refractivity contribution in [2.45, 2.75) is 19.4 Å². The molecule has 2 aromatic rings. The maximum Gasteiger partial charge on any atom is 0.308 e. The van der Waals surface area contributed by atoms with Gasteiger partial charge < -0.3 is 20.1 Å². The minimum absolute atomic E-state index is 0.0962. The zero-order valence-corrected chi connectivity index (χ0v) is 15.7. The van der Waals surface area contributed by atoms with Crippen molar-refractivity contribution >= 4 is 23.5 Å². The van der Waals surface area contributed by atoms with Crippen LogP contribution in [0, 0.1) is 5.92 Å². The smallest absolute Gasteiger partial charge is 0.308 e. The van der Waals surface area contributed by atoms with E-state index in [9.17, 15) is 14.4 Å². The van der Waals surface area contributed by atoms with Gasteiger partial charge in [-0.15, -0.1) is 0 Å². The molecule has 2 atom stereocenters. The molecule has 0 aliphatic carbocycles. The molecule has 0 aromatic heterocycles. The molecule has 2 unspecified atom stereocenters. The van der Waals surface area contributed by atoms with Crippen molar-refractivity contribution in [3.8, 4) is 5.75 Å². The molecule has 0 saturated carbocycles. The fourth-order valence-electron chi connectivity index (χ4n) is 3.07. The fourth-order valence-corrected chi connectivity index (χ4v) is 3.07. The molecule has 1 aliphatic heterocycles. The highest BCUT2D eigenvalue weighted by Crippen LogP contribution is 2.28. The minimum Gasteiger partial charge on any atom is -0.481 e. The number of hydrogen-bond donors (Lipinski definition) is 2. The lowest BCUT2D eigenvalue weighted by Gasteiger charge is -2.20. The number of hydrogen-bond acceptors (Lipinski definition) is 4. The molecule has 0 saturated heterocycles. The number of nitrogens with zero attached hydrogens (tertiary/aromatic N) is 1. The van der Waals surface area contributed by atoms with Gasteiger partial charge >= 0.3 is 5.97 Å². The zero-order chi connectivity index (χ0) is 20.3.